The highest BCUT2D eigenvalue weighted by molar-refractivity contribution is 5.53. The van der Waals surface area contributed by atoms with E-state index in [0.717, 1.165) is 6.42 Å². The van der Waals surface area contributed by atoms with Gasteiger partial charge < -0.3 is 0 Å². The number of H-pyrrole nitrogens is 1. The van der Waals surface area contributed by atoms with Crippen molar-refractivity contribution in [2.75, 3.05) is 0 Å². The number of hydrogen-bond acceptors (Lipinski definition) is 1. The van der Waals surface area contributed by atoms with E-state index in [1.807, 2.05) is 6.20 Å². The van der Waals surface area contributed by atoms with Crippen LogP contribution in [0.15, 0.2) is 12.3 Å². The molecule has 1 unspecified atom stereocenters. The molecular weight excluding hydrogens is 124 g/mol. The van der Waals surface area contributed by atoms with Gasteiger partial charge in [-0.1, -0.05) is 19.1 Å². The molecule has 2 heteroatoms. The van der Waals surface area contributed by atoms with Crippen LogP contribution in [-0.2, 0) is 6.42 Å². The average Bonchev–Trinajstić information content (AvgIpc) is 2.33. The minimum absolute atomic E-state index is 0.660. The maximum atomic E-state index is 3.96. The maximum absolute atomic E-state index is 3.96. The molecule has 1 atom stereocenters. The van der Waals surface area contributed by atoms with Gasteiger partial charge in [0.1, 0.15) is 0 Å². The minimum atomic E-state index is 0.660. The molecule has 2 rings (SSSR count). The lowest BCUT2D eigenvalue weighted by molar-refractivity contribution is 0.698. The maximum Gasteiger partial charge on any atom is 0.0562 e. The van der Waals surface area contributed by atoms with Crippen molar-refractivity contribution in [3.8, 4) is 0 Å². The predicted octanol–water partition coefficient (Wildman–Crippen LogP) is 1.62. The lowest BCUT2D eigenvalue weighted by Crippen LogP contribution is -2.01. The van der Waals surface area contributed by atoms with Crippen LogP contribution >= 0.6 is 0 Å². The molecule has 1 aliphatic carbocycles. The fourth-order valence-electron chi connectivity index (χ4n) is 1.29. The van der Waals surface area contributed by atoms with Gasteiger partial charge in [0.2, 0.25) is 0 Å². The van der Waals surface area contributed by atoms with Crippen molar-refractivity contribution < 1.29 is 0 Å². The summed E-state index contributed by atoms with van der Waals surface area (Å²) in [7, 11) is 0. The van der Waals surface area contributed by atoms with E-state index in [1.54, 1.807) is 0 Å². The van der Waals surface area contributed by atoms with Gasteiger partial charge >= 0.3 is 0 Å². The average molecular weight is 134 g/mol. The summed E-state index contributed by atoms with van der Waals surface area (Å²) in [6.45, 7) is 2.21. The van der Waals surface area contributed by atoms with Gasteiger partial charge in [-0.25, -0.2) is 0 Å². The number of nitrogens with one attached hydrogen (secondary N) is 1. The number of hydrogen-bond donors (Lipinski definition) is 1. The molecule has 0 spiro atoms. The minimum Gasteiger partial charge on any atom is -0.282 e. The van der Waals surface area contributed by atoms with Crippen molar-refractivity contribution in [1.82, 2.24) is 10.2 Å². The van der Waals surface area contributed by atoms with Gasteiger partial charge in [0.25, 0.3) is 0 Å². The molecule has 1 N–H and O–H groups in total. The molecule has 1 aromatic rings. The molecule has 1 aliphatic rings. The zero-order chi connectivity index (χ0) is 6.97. The predicted molar refractivity (Wildman–Crippen MR) is 40.5 cm³/mol. The van der Waals surface area contributed by atoms with E-state index in [2.05, 4.69) is 29.3 Å². The van der Waals surface area contributed by atoms with Gasteiger partial charge in [-0.3, -0.25) is 5.10 Å². The van der Waals surface area contributed by atoms with Crippen LogP contribution in [-0.4, -0.2) is 10.2 Å². The summed E-state index contributed by atoms with van der Waals surface area (Å²) >= 11 is 0. The van der Waals surface area contributed by atoms with Crippen LogP contribution in [0.25, 0.3) is 6.08 Å². The fourth-order valence-corrected chi connectivity index (χ4v) is 1.29. The number of fused-ring (bicyclic) bond motifs is 1. The second-order valence-corrected chi connectivity index (χ2v) is 2.84. The number of allylic oxidation sites excluding steroid dienone is 1. The smallest absolute Gasteiger partial charge is 0.0562 e. The molecule has 0 aromatic carbocycles. The number of nitrogens with zero attached hydrogens (tertiary/aromatic N) is 1. The van der Waals surface area contributed by atoms with E-state index in [4.69, 9.17) is 0 Å². The first-order valence-electron chi connectivity index (χ1n) is 3.56. The fraction of sp³-hybridized carbons (Fsp3) is 0.375. The van der Waals surface area contributed by atoms with E-state index >= 15 is 0 Å². The van der Waals surface area contributed by atoms with Crippen molar-refractivity contribution >= 4 is 6.08 Å². The quantitative estimate of drug-likeness (QED) is 0.573. The third-order valence-electron chi connectivity index (χ3n) is 1.88. The van der Waals surface area contributed by atoms with Crippen molar-refractivity contribution in [3.05, 3.63) is 23.5 Å². The normalized spacial score (nSPS) is 22.7. The number of aromatic amines is 1. The third kappa shape index (κ3) is 0.764. The highest BCUT2D eigenvalue weighted by atomic mass is 15.1. The Morgan fingerprint density at radius 1 is 1.70 bits per heavy atom. The van der Waals surface area contributed by atoms with Gasteiger partial charge in [-0.05, 0) is 12.3 Å². The first kappa shape index (κ1) is 5.71. The Morgan fingerprint density at radius 3 is 3.50 bits per heavy atom. The lowest BCUT2D eigenvalue weighted by Gasteiger charge is -2.09. The number of rotatable bonds is 0. The first-order valence-corrected chi connectivity index (χ1v) is 3.56. The van der Waals surface area contributed by atoms with Gasteiger partial charge in [-0.15, -0.1) is 0 Å². The molecule has 1 aromatic heterocycles. The van der Waals surface area contributed by atoms with Gasteiger partial charge in [-0.2, -0.15) is 5.10 Å². The van der Waals surface area contributed by atoms with E-state index in [9.17, 15) is 0 Å². The first-order chi connectivity index (χ1) is 4.86. The highest BCUT2D eigenvalue weighted by Crippen LogP contribution is 2.19. The SMILES string of the molecule is CC1C=Cc2cn[nH]c2C1. The Bertz CT molecular complexity index is 260. The molecule has 0 radical (unpaired) electrons. The van der Waals surface area contributed by atoms with Crippen molar-refractivity contribution in [2.24, 2.45) is 5.92 Å². The molecule has 0 aliphatic heterocycles. The Hall–Kier alpha value is -1.05. The standard InChI is InChI=1S/C8H10N2/c1-6-2-3-7-5-9-10-8(7)4-6/h2-3,5-6H,4H2,1H3,(H,9,10). The van der Waals surface area contributed by atoms with Crippen LogP contribution in [0.3, 0.4) is 0 Å². The molecule has 0 fully saturated rings. The Morgan fingerprint density at radius 2 is 2.60 bits per heavy atom. The summed E-state index contributed by atoms with van der Waals surface area (Å²) in [5, 5.41) is 6.95. The van der Waals surface area contributed by atoms with Crippen LogP contribution < -0.4 is 0 Å². The Kier molecular flexibility index (Phi) is 1.13. The van der Waals surface area contributed by atoms with Gasteiger partial charge in [0, 0.05) is 11.3 Å². The topological polar surface area (TPSA) is 28.7 Å². The summed E-state index contributed by atoms with van der Waals surface area (Å²) in [4.78, 5) is 0. The molecule has 0 amide bonds. The largest absolute Gasteiger partial charge is 0.282 e. The lowest BCUT2D eigenvalue weighted by atomic mass is 9.97. The molecule has 2 nitrogen and oxygen atoms in total. The second-order valence-electron chi connectivity index (χ2n) is 2.84. The monoisotopic (exact) mass is 134 g/mol. The van der Waals surface area contributed by atoms with Crippen molar-refractivity contribution in [3.63, 3.8) is 0 Å². The summed E-state index contributed by atoms with van der Waals surface area (Å²) < 4.78 is 0. The van der Waals surface area contributed by atoms with Crippen LogP contribution in [0.1, 0.15) is 18.2 Å². The molecule has 10 heavy (non-hydrogen) atoms. The summed E-state index contributed by atoms with van der Waals surface area (Å²) in [5.41, 5.74) is 2.52. The van der Waals surface area contributed by atoms with E-state index in [-0.39, 0.29) is 0 Å². The zero-order valence-electron chi connectivity index (χ0n) is 5.96. The molecule has 0 saturated heterocycles. The molecule has 52 valence electrons. The van der Waals surface area contributed by atoms with E-state index < -0.39 is 0 Å². The molecule has 1 heterocycles. The zero-order valence-corrected chi connectivity index (χ0v) is 5.96. The van der Waals surface area contributed by atoms with Crippen LogP contribution in [0.5, 0.6) is 0 Å². The summed E-state index contributed by atoms with van der Waals surface area (Å²) in [5.74, 6) is 0.660. The summed E-state index contributed by atoms with van der Waals surface area (Å²) in [6.07, 6.45) is 7.33. The third-order valence-corrected chi connectivity index (χ3v) is 1.88. The molecular formula is C8H10N2. The van der Waals surface area contributed by atoms with E-state index in [0.29, 0.717) is 5.92 Å². The van der Waals surface area contributed by atoms with E-state index in [1.165, 1.54) is 11.3 Å². The highest BCUT2D eigenvalue weighted by Gasteiger charge is 2.10. The van der Waals surface area contributed by atoms with Gasteiger partial charge in [0.15, 0.2) is 0 Å². The summed E-state index contributed by atoms with van der Waals surface area (Å²) in [6, 6.07) is 0. The van der Waals surface area contributed by atoms with Crippen molar-refractivity contribution in [2.45, 2.75) is 13.3 Å². The molecule has 0 saturated carbocycles. The number of aromatic nitrogens is 2. The Labute approximate surface area is 60.0 Å². The Balaban J connectivity index is 2.43. The molecule has 0 bridgehead atoms. The van der Waals surface area contributed by atoms with Crippen LogP contribution in [0.4, 0.5) is 0 Å². The van der Waals surface area contributed by atoms with Crippen LogP contribution in [0.2, 0.25) is 0 Å². The van der Waals surface area contributed by atoms with Crippen molar-refractivity contribution in [1.29, 1.82) is 0 Å². The van der Waals surface area contributed by atoms with Crippen LogP contribution in [0, 0.1) is 5.92 Å². The van der Waals surface area contributed by atoms with Gasteiger partial charge in [0.05, 0.1) is 6.20 Å². The second kappa shape index (κ2) is 1.97.